The lowest BCUT2D eigenvalue weighted by Crippen LogP contribution is -2.50. The number of nitrogens with zero attached hydrogens (tertiary/aromatic N) is 1. The standard InChI is InChI=1S/C47H83NO7/c1-6-8-10-12-14-16-18-20-22-23-24-26-28-30-32-34-36-38-46(50)55-43(41-53-40-39-44(47(51)52)48(3,4)5)42-54-45(49)37-35-33-31-29-27-25-21-19-17-15-13-11-9-7-2/h9,11,15,17,20-22,25,43-44H,6-8,10,12-14,16,18-19,23-24,26-42H2,1-5H3/p+1/b11-9+,17-15+,22-20+,25-21+. The van der Waals surface area contributed by atoms with Crippen LogP contribution in [0.15, 0.2) is 48.6 Å². The summed E-state index contributed by atoms with van der Waals surface area (Å²) in [6.07, 6.45) is 44.4. The first-order valence-electron chi connectivity index (χ1n) is 22.2. The highest BCUT2D eigenvalue weighted by Crippen LogP contribution is 2.14. The molecule has 0 radical (unpaired) electrons. The second-order valence-electron chi connectivity index (χ2n) is 15.9. The zero-order chi connectivity index (χ0) is 40.7. The fraction of sp³-hybridized carbons (Fsp3) is 0.766. The molecule has 0 rings (SSSR count). The molecule has 318 valence electrons. The minimum Gasteiger partial charge on any atom is -0.477 e. The van der Waals surface area contributed by atoms with E-state index in [1.807, 2.05) is 21.1 Å². The molecule has 0 aromatic carbocycles. The first-order chi connectivity index (χ1) is 26.6. The number of allylic oxidation sites excluding steroid dienone is 8. The van der Waals surface area contributed by atoms with Crippen LogP contribution in [0, 0.1) is 0 Å². The number of aliphatic carboxylic acids is 1. The molecule has 0 spiro atoms. The van der Waals surface area contributed by atoms with Gasteiger partial charge in [0.15, 0.2) is 12.1 Å². The third-order valence-corrected chi connectivity index (χ3v) is 9.71. The van der Waals surface area contributed by atoms with Gasteiger partial charge in [0.1, 0.15) is 6.61 Å². The molecule has 0 amide bonds. The number of quaternary nitrogens is 1. The van der Waals surface area contributed by atoms with Crippen LogP contribution in [0.1, 0.15) is 181 Å². The Kier molecular flexibility index (Phi) is 36.3. The molecule has 0 heterocycles. The number of rotatable bonds is 39. The van der Waals surface area contributed by atoms with Gasteiger partial charge in [0.05, 0.1) is 34.4 Å². The first-order valence-corrected chi connectivity index (χ1v) is 22.2. The van der Waals surface area contributed by atoms with E-state index < -0.39 is 18.1 Å². The van der Waals surface area contributed by atoms with Gasteiger partial charge in [-0.1, -0.05) is 140 Å². The summed E-state index contributed by atoms with van der Waals surface area (Å²) in [5.74, 6) is -1.50. The van der Waals surface area contributed by atoms with Crippen molar-refractivity contribution in [2.24, 2.45) is 0 Å². The monoisotopic (exact) mass is 775 g/mol. The Hall–Kier alpha value is -2.71. The van der Waals surface area contributed by atoms with E-state index in [0.29, 0.717) is 19.3 Å². The topological polar surface area (TPSA) is 99.1 Å². The molecule has 0 saturated heterocycles. The Labute approximate surface area is 337 Å². The van der Waals surface area contributed by atoms with Gasteiger partial charge in [0, 0.05) is 19.3 Å². The van der Waals surface area contributed by atoms with Crippen molar-refractivity contribution in [1.82, 2.24) is 0 Å². The van der Waals surface area contributed by atoms with Crippen LogP contribution in [0.4, 0.5) is 0 Å². The summed E-state index contributed by atoms with van der Waals surface area (Å²) in [7, 11) is 5.51. The van der Waals surface area contributed by atoms with E-state index in [1.165, 1.54) is 77.0 Å². The summed E-state index contributed by atoms with van der Waals surface area (Å²) < 4.78 is 17.3. The molecule has 2 atom stereocenters. The van der Waals surface area contributed by atoms with Crippen LogP contribution in [-0.4, -0.2) is 80.6 Å². The predicted molar refractivity (Wildman–Crippen MR) is 229 cm³/mol. The number of carbonyl (C=O) groups excluding carboxylic acids is 2. The minimum absolute atomic E-state index is 0.0515. The average Bonchev–Trinajstić information content (AvgIpc) is 3.14. The van der Waals surface area contributed by atoms with Crippen LogP contribution in [0.25, 0.3) is 0 Å². The Morgan fingerprint density at radius 1 is 0.564 bits per heavy atom. The van der Waals surface area contributed by atoms with Gasteiger partial charge in [-0.05, 0) is 70.6 Å². The molecule has 8 heteroatoms. The third-order valence-electron chi connectivity index (χ3n) is 9.71. The zero-order valence-corrected chi connectivity index (χ0v) is 36.1. The Morgan fingerprint density at radius 3 is 1.53 bits per heavy atom. The molecule has 0 aromatic rings. The number of carbonyl (C=O) groups is 3. The molecule has 55 heavy (non-hydrogen) atoms. The largest absolute Gasteiger partial charge is 0.477 e. The number of esters is 2. The summed E-state index contributed by atoms with van der Waals surface area (Å²) in [4.78, 5) is 37.0. The average molecular weight is 775 g/mol. The van der Waals surface area contributed by atoms with E-state index in [-0.39, 0.29) is 36.2 Å². The lowest BCUT2D eigenvalue weighted by atomic mass is 10.1. The molecule has 1 N–H and O–H groups in total. The maximum absolute atomic E-state index is 12.7. The van der Waals surface area contributed by atoms with Crippen molar-refractivity contribution < 1.29 is 38.2 Å². The summed E-state index contributed by atoms with van der Waals surface area (Å²) >= 11 is 0. The van der Waals surface area contributed by atoms with E-state index in [1.54, 1.807) is 0 Å². The molecule has 0 bridgehead atoms. The number of likely N-dealkylation sites (N-methyl/N-ethyl adjacent to an activating group) is 1. The minimum atomic E-state index is -0.880. The SMILES string of the molecule is CC/C=C/C/C=C/C/C=C/CCCCCCC(=O)OCC(COCCC(C(=O)O)[N+](C)(C)C)OC(=O)CCCCCCCCC/C=C/CCCCCCCC. The van der Waals surface area contributed by atoms with E-state index in [9.17, 15) is 19.5 Å². The van der Waals surface area contributed by atoms with Crippen molar-refractivity contribution >= 4 is 17.9 Å². The molecular weight excluding hydrogens is 691 g/mol. The van der Waals surface area contributed by atoms with Gasteiger partial charge in [-0.25, -0.2) is 4.79 Å². The van der Waals surface area contributed by atoms with Crippen molar-refractivity contribution in [3.63, 3.8) is 0 Å². The summed E-state index contributed by atoms with van der Waals surface area (Å²) in [6, 6.07) is -0.619. The quantitative estimate of drug-likeness (QED) is 0.0287. The van der Waals surface area contributed by atoms with Gasteiger partial charge < -0.3 is 23.8 Å². The van der Waals surface area contributed by atoms with Crippen LogP contribution >= 0.6 is 0 Å². The summed E-state index contributed by atoms with van der Waals surface area (Å²) in [5.41, 5.74) is 0. The molecule has 0 aromatic heterocycles. The van der Waals surface area contributed by atoms with Gasteiger partial charge >= 0.3 is 17.9 Å². The second-order valence-corrected chi connectivity index (χ2v) is 15.9. The van der Waals surface area contributed by atoms with Gasteiger partial charge in [0.2, 0.25) is 0 Å². The number of carboxylic acids is 1. The lowest BCUT2D eigenvalue weighted by Gasteiger charge is -2.31. The van der Waals surface area contributed by atoms with Gasteiger partial charge in [0.25, 0.3) is 0 Å². The van der Waals surface area contributed by atoms with Crippen molar-refractivity contribution in [1.29, 1.82) is 0 Å². The number of unbranched alkanes of at least 4 members (excludes halogenated alkanes) is 17. The Balaban J connectivity index is 4.37. The van der Waals surface area contributed by atoms with Crippen molar-refractivity contribution in [3.8, 4) is 0 Å². The number of hydrogen-bond donors (Lipinski definition) is 1. The van der Waals surface area contributed by atoms with Crippen LogP contribution in [0.2, 0.25) is 0 Å². The van der Waals surface area contributed by atoms with Crippen LogP contribution in [0.5, 0.6) is 0 Å². The van der Waals surface area contributed by atoms with E-state index in [0.717, 1.165) is 70.6 Å². The van der Waals surface area contributed by atoms with Gasteiger partial charge in [-0.15, -0.1) is 0 Å². The second kappa shape index (κ2) is 38.2. The van der Waals surface area contributed by atoms with Crippen molar-refractivity contribution in [3.05, 3.63) is 48.6 Å². The van der Waals surface area contributed by atoms with E-state index >= 15 is 0 Å². The molecule has 8 nitrogen and oxygen atoms in total. The zero-order valence-electron chi connectivity index (χ0n) is 36.1. The summed E-state index contributed by atoms with van der Waals surface area (Å²) in [6.45, 7) is 4.59. The molecule has 0 aliphatic heterocycles. The maximum Gasteiger partial charge on any atom is 0.362 e. The number of carboxylic acid groups (broad SMARTS) is 1. The molecule has 2 unspecified atom stereocenters. The first kappa shape index (κ1) is 52.3. The highest BCUT2D eigenvalue weighted by atomic mass is 16.6. The lowest BCUT2D eigenvalue weighted by molar-refractivity contribution is -0.887. The Bertz CT molecular complexity index is 1040. The van der Waals surface area contributed by atoms with Crippen molar-refractivity contribution in [2.45, 2.75) is 193 Å². The van der Waals surface area contributed by atoms with Crippen molar-refractivity contribution in [2.75, 3.05) is 41.0 Å². The summed E-state index contributed by atoms with van der Waals surface area (Å²) in [5, 5.41) is 9.62. The number of ether oxygens (including phenoxy) is 3. The van der Waals surface area contributed by atoms with E-state index in [4.69, 9.17) is 14.2 Å². The van der Waals surface area contributed by atoms with Crippen LogP contribution in [-0.2, 0) is 28.6 Å². The van der Waals surface area contributed by atoms with Gasteiger partial charge in [-0.3, -0.25) is 9.59 Å². The predicted octanol–water partition coefficient (Wildman–Crippen LogP) is 12.0. The molecule has 0 fully saturated rings. The number of hydrogen-bond acceptors (Lipinski definition) is 6. The normalized spacial score (nSPS) is 13.4. The highest BCUT2D eigenvalue weighted by molar-refractivity contribution is 5.72. The fourth-order valence-corrected chi connectivity index (χ4v) is 6.28. The van der Waals surface area contributed by atoms with Crippen LogP contribution < -0.4 is 0 Å². The smallest absolute Gasteiger partial charge is 0.362 e. The van der Waals surface area contributed by atoms with E-state index in [2.05, 4.69) is 62.5 Å². The molecule has 0 saturated carbocycles. The fourth-order valence-electron chi connectivity index (χ4n) is 6.28. The third kappa shape index (κ3) is 36.7. The van der Waals surface area contributed by atoms with Crippen LogP contribution in [0.3, 0.4) is 0 Å². The molecule has 0 aliphatic rings. The van der Waals surface area contributed by atoms with Gasteiger partial charge in [-0.2, -0.15) is 0 Å². The molecular formula is C47H84NO7+. The molecule has 0 aliphatic carbocycles. The highest BCUT2D eigenvalue weighted by Gasteiger charge is 2.31. The Morgan fingerprint density at radius 2 is 1.02 bits per heavy atom. The maximum atomic E-state index is 12.7.